The monoisotopic (exact) mass is 259 g/mol. The van der Waals surface area contributed by atoms with Crippen LogP contribution in [0.25, 0.3) is 5.69 Å². The third-order valence-corrected chi connectivity index (χ3v) is 2.59. The van der Waals surface area contributed by atoms with Crippen molar-refractivity contribution in [3.05, 3.63) is 47.8 Å². The van der Waals surface area contributed by atoms with Crippen molar-refractivity contribution in [3.63, 3.8) is 0 Å². The number of benzene rings is 1. The van der Waals surface area contributed by atoms with E-state index in [9.17, 15) is 9.59 Å². The summed E-state index contributed by atoms with van der Waals surface area (Å²) in [5.74, 6) is -1.16. The van der Waals surface area contributed by atoms with Crippen molar-refractivity contribution in [2.45, 2.75) is 0 Å². The highest BCUT2D eigenvalue weighted by Crippen LogP contribution is 2.10. The average molecular weight is 259 g/mol. The molecule has 0 unspecified atom stereocenters. The zero-order valence-corrected chi connectivity index (χ0v) is 10.6. The van der Waals surface area contributed by atoms with Crippen LogP contribution in [0.3, 0.4) is 0 Å². The Bertz CT molecular complexity index is 614. The minimum absolute atomic E-state index is 0.180. The van der Waals surface area contributed by atoms with Gasteiger partial charge in [0.05, 0.1) is 11.3 Å². The van der Waals surface area contributed by atoms with Gasteiger partial charge in [-0.2, -0.15) is 5.10 Å². The van der Waals surface area contributed by atoms with E-state index in [1.807, 2.05) is 0 Å². The van der Waals surface area contributed by atoms with Crippen molar-refractivity contribution in [1.29, 1.82) is 0 Å². The summed E-state index contributed by atoms with van der Waals surface area (Å²) in [5, 5.41) is 13.0. The van der Waals surface area contributed by atoms with Gasteiger partial charge >= 0.3 is 5.97 Å². The van der Waals surface area contributed by atoms with Crippen molar-refractivity contribution in [3.8, 4) is 5.69 Å². The number of hydrogen-bond donors (Lipinski definition) is 1. The molecule has 0 bridgehead atoms. The van der Waals surface area contributed by atoms with Crippen LogP contribution in [0.1, 0.15) is 20.8 Å². The normalized spacial score (nSPS) is 10.2. The molecule has 1 amide bonds. The van der Waals surface area contributed by atoms with Gasteiger partial charge in [0.15, 0.2) is 5.69 Å². The lowest BCUT2D eigenvalue weighted by Gasteiger charge is -2.07. The largest absolute Gasteiger partial charge is 0.478 e. The fourth-order valence-corrected chi connectivity index (χ4v) is 1.57. The molecule has 0 radical (unpaired) electrons. The lowest BCUT2D eigenvalue weighted by molar-refractivity contribution is 0.0696. The number of carbonyl (C=O) groups is 2. The summed E-state index contributed by atoms with van der Waals surface area (Å²) in [6.45, 7) is 0. The number of amides is 1. The lowest BCUT2D eigenvalue weighted by Crippen LogP contribution is -2.22. The number of aromatic nitrogens is 2. The summed E-state index contributed by atoms with van der Waals surface area (Å²) in [7, 11) is 3.31. The second-order valence-electron chi connectivity index (χ2n) is 4.20. The van der Waals surface area contributed by atoms with Crippen LogP contribution in [0, 0.1) is 0 Å². The molecule has 2 rings (SSSR count). The van der Waals surface area contributed by atoms with Gasteiger partial charge in [0.1, 0.15) is 0 Å². The number of carbonyl (C=O) groups excluding carboxylic acids is 1. The summed E-state index contributed by atoms with van der Waals surface area (Å²) >= 11 is 0. The smallest absolute Gasteiger partial charge is 0.335 e. The van der Waals surface area contributed by atoms with Gasteiger partial charge in [-0.3, -0.25) is 4.79 Å². The van der Waals surface area contributed by atoms with Crippen LogP contribution in [-0.2, 0) is 0 Å². The first-order valence-electron chi connectivity index (χ1n) is 5.60. The first kappa shape index (κ1) is 12.8. The second kappa shape index (κ2) is 4.93. The van der Waals surface area contributed by atoms with E-state index in [-0.39, 0.29) is 11.5 Å². The summed E-state index contributed by atoms with van der Waals surface area (Å²) in [6, 6.07) is 7.88. The van der Waals surface area contributed by atoms with Gasteiger partial charge in [0.2, 0.25) is 0 Å². The van der Waals surface area contributed by atoms with E-state index in [1.54, 1.807) is 38.5 Å². The Kier molecular flexibility index (Phi) is 3.33. The van der Waals surface area contributed by atoms with Gasteiger partial charge in [-0.1, -0.05) is 0 Å². The van der Waals surface area contributed by atoms with E-state index in [0.717, 1.165) is 0 Å². The predicted octanol–water partition coefficient (Wildman–Crippen LogP) is 1.27. The van der Waals surface area contributed by atoms with Crippen molar-refractivity contribution < 1.29 is 14.7 Å². The van der Waals surface area contributed by atoms with Crippen molar-refractivity contribution in [2.75, 3.05) is 14.1 Å². The number of carboxylic acids is 1. The zero-order valence-electron chi connectivity index (χ0n) is 10.6. The zero-order chi connectivity index (χ0) is 14.0. The summed E-state index contributed by atoms with van der Waals surface area (Å²) in [5.41, 5.74) is 1.25. The number of hydrogen-bond acceptors (Lipinski definition) is 3. The minimum Gasteiger partial charge on any atom is -0.478 e. The maximum atomic E-state index is 11.7. The molecule has 0 fully saturated rings. The maximum absolute atomic E-state index is 11.7. The molecular weight excluding hydrogens is 246 g/mol. The van der Waals surface area contributed by atoms with Gasteiger partial charge in [0.25, 0.3) is 5.91 Å². The van der Waals surface area contributed by atoms with E-state index in [2.05, 4.69) is 5.10 Å². The Morgan fingerprint density at radius 3 is 2.32 bits per heavy atom. The molecule has 1 N–H and O–H groups in total. The highest BCUT2D eigenvalue weighted by Gasteiger charge is 2.12. The number of rotatable bonds is 3. The number of carboxylic acid groups (broad SMARTS) is 1. The molecule has 1 heterocycles. The molecule has 1 aromatic carbocycles. The van der Waals surface area contributed by atoms with Gasteiger partial charge in [0, 0.05) is 20.3 Å². The Balaban J connectivity index is 2.28. The van der Waals surface area contributed by atoms with Crippen LogP contribution in [0.15, 0.2) is 36.5 Å². The first-order chi connectivity index (χ1) is 8.99. The van der Waals surface area contributed by atoms with Crippen LogP contribution in [0.5, 0.6) is 0 Å². The molecule has 0 spiro atoms. The van der Waals surface area contributed by atoms with Gasteiger partial charge in [-0.15, -0.1) is 0 Å². The predicted molar refractivity (Wildman–Crippen MR) is 68.5 cm³/mol. The van der Waals surface area contributed by atoms with Gasteiger partial charge in [-0.05, 0) is 30.3 Å². The SMILES string of the molecule is CN(C)C(=O)c1ccn(-c2ccc(C(=O)O)cc2)n1. The van der Waals surface area contributed by atoms with Crippen LogP contribution in [0.2, 0.25) is 0 Å². The molecule has 6 heteroatoms. The standard InChI is InChI=1S/C13H13N3O3/c1-15(2)12(17)11-7-8-16(14-11)10-5-3-9(4-6-10)13(18)19/h3-8H,1-2H3,(H,18,19). The number of nitrogens with zero attached hydrogens (tertiary/aromatic N) is 3. The Hall–Kier alpha value is -2.63. The number of aromatic carboxylic acids is 1. The molecule has 6 nitrogen and oxygen atoms in total. The van der Waals surface area contributed by atoms with E-state index < -0.39 is 5.97 Å². The maximum Gasteiger partial charge on any atom is 0.335 e. The molecule has 0 aliphatic rings. The molecule has 19 heavy (non-hydrogen) atoms. The van der Waals surface area contributed by atoms with Crippen LogP contribution >= 0.6 is 0 Å². The average Bonchev–Trinajstić information content (AvgIpc) is 2.87. The molecular formula is C13H13N3O3. The van der Waals surface area contributed by atoms with Crippen molar-refractivity contribution >= 4 is 11.9 Å². The third-order valence-electron chi connectivity index (χ3n) is 2.59. The van der Waals surface area contributed by atoms with E-state index in [1.165, 1.54) is 21.7 Å². The molecule has 1 aromatic heterocycles. The van der Waals surface area contributed by atoms with Crippen LogP contribution in [-0.4, -0.2) is 45.8 Å². The molecule has 0 aliphatic heterocycles. The Morgan fingerprint density at radius 1 is 1.16 bits per heavy atom. The highest BCUT2D eigenvalue weighted by molar-refractivity contribution is 5.91. The quantitative estimate of drug-likeness (QED) is 0.900. The van der Waals surface area contributed by atoms with E-state index in [0.29, 0.717) is 11.4 Å². The molecule has 0 aliphatic carbocycles. The van der Waals surface area contributed by atoms with Crippen molar-refractivity contribution in [2.24, 2.45) is 0 Å². The summed E-state index contributed by atoms with van der Waals surface area (Å²) < 4.78 is 1.53. The summed E-state index contributed by atoms with van der Waals surface area (Å²) in [6.07, 6.45) is 1.66. The molecule has 0 saturated carbocycles. The van der Waals surface area contributed by atoms with E-state index >= 15 is 0 Å². The topological polar surface area (TPSA) is 75.4 Å². The fraction of sp³-hybridized carbons (Fsp3) is 0.154. The Labute approximate surface area is 109 Å². The van der Waals surface area contributed by atoms with Crippen LogP contribution < -0.4 is 0 Å². The molecule has 98 valence electrons. The minimum atomic E-state index is -0.976. The van der Waals surface area contributed by atoms with Gasteiger partial charge in [-0.25, -0.2) is 9.48 Å². The molecule has 0 atom stereocenters. The lowest BCUT2D eigenvalue weighted by atomic mass is 10.2. The van der Waals surface area contributed by atoms with Crippen molar-refractivity contribution in [1.82, 2.24) is 14.7 Å². The fourth-order valence-electron chi connectivity index (χ4n) is 1.57. The first-order valence-corrected chi connectivity index (χ1v) is 5.60. The van der Waals surface area contributed by atoms with Crippen LogP contribution in [0.4, 0.5) is 0 Å². The van der Waals surface area contributed by atoms with E-state index in [4.69, 9.17) is 5.11 Å². The summed E-state index contributed by atoms with van der Waals surface area (Å²) in [4.78, 5) is 23.9. The molecule has 0 saturated heterocycles. The Morgan fingerprint density at radius 2 is 1.79 bits per heavy atom. The highest BCUT2D eigenvalue weighted by atomic mass is 16.4. The molecule has 2 aromatic rings. The van der Waals surface area contributed by atoms with Gasteiger partial charge < -0.3 is 10.0 Å². The second-order valence-corrected chi connectivity index (χ2v) is 4.20. The third kappa shape index (κ3) is 2.62.